The third kappa shape index (κ3) is 2.93. The second-order valence-electron chi connectivity index (χ2n) is 3.48. The Morgan fingerprint density at radius 1 is 1.25 bits per heavy atom. The van der Waals surface area contributed by atoms with Crippen LogP contribution in [0.2, 0.25) is 0 Å². The Labute approximate surface area is 95.1 Å². The van der Waals surface area contributed by atoms with Gasteiger partial charge in [0.05, 0.1) is 6.54 Å². The minimum atomic E-state index is -0.533. The van der Waals surface area contributed by atoms with E-state index in [4.69, 9.17) is 9.47 Å². The number of urea groups is 1. The average molecular weight is 230 g/mol. The maximum atomic E-state index is 11.6. The Hall–Kier alpha value is -1.14. The van der Waals surface area contributed by atoms with Crippen LogP contribution in [0, 0.1) is 0 Å². The molecule has 0 unspecified atom stereocenters. The molecule has 0 aromatic rings. The van der Waals surface area contributed by atoms with Crippen LogP contribution in [0.25, 0.3) is 0 Å². The number of ether oxygens (including phenoxy) is 2. The number of nitrogens with zero attached hydrogens (tertiary/aromatic N) is 2. The highest BCUT2D eigenvalue weighted by molar-refractivity contribution is 6.01. The second kappa shape index (κ2) is 5.81. The number of likely N-dealkylation sites (N-methyl/N-ethyl adjacent to an activating group) is 1. The second-order valence-corrected chi connectivity index (χ2v) is 3.48. The lowest BCUT2D eigenvalue weighted by Crippen LogP contribution is -2.40. The molecule has 1 aliphatic rings. The van der Waals surface area contributed by atoms with Gasteiger partial charge in [0, 0.05) is 20.3 Å². The summed E-state index contributed by atoms with van der Waals surface area (Å²) in [5, 5.41) is 0. The van der Waals surface area contributed by atoms with E-state index in [1.807, 2.05) is 13.8 Å². The van der Waals surface area contributed by atoms with Crippen molar-refractivity contribution in [1.82, 2.24) is 9.80 Å². The van der Waals surface area contributed by atoms with Crippen molar-refractivity contribution < 1.29 is 19.1 Å². The topological polar surface area (TPSA) is 59.1 Å². The van der Waals surface area contributed by atoms with E-state index in [0.717, 1.165) is 4.90 Å². The summed E-state index contributed by atoms with van der Waals surface area (Å²) in [4.78, 5) is 25.6. The molecule has 0 aliphatic carbocycles. The predicted octanol–water partition coefficient (Wildman–Crippen LogP) is 0.280. The van der Waals surface area contributed by atoms with Crippen LogP contribution in [0.15, 0.2) is 0 Å². The molecule has 0 saturated carbocycles. The lowest BCUT2D eigenvalue weighted by Gasteiger charge is -2.21. The van der Waals surface area contributed by atoms with E-state index in [1.165, 1.54) is 4.90 Å². The van der Waals surface area contributed by atoms with E-state index in [0.29, 0.717) is 13.2 Å². The molecule has 0 aromatic heterocycles. The zero-order valence-electron chi connectivity index (χ0n) is 9.93. The van der Waals surface area contributed by atoms with Crippen LogP contribution in [0.1, 0.15) is 13.8 Å². The largest absolute Gasteiger partial charge is 0.351 e. The molecule has 6 heteroatoms. The van der Waals surface area contributed by atoms with Crippen LogP contribution in [-0.4, -0.2) is 61.4 Å². The van der Waals surface area contributed by atoms with Gasteiger partial charge in [-0.15, -0.1) is 0 Å². The third-order valence-corrected chi connectivity index (χ3v) is 2.27. The summed E-state index contributed by atoms with van der Waals surface area (Å²) in [5.41, 5.74) is 0. The molecule has 1 saturated heterocycles. The lowest BCUT2D eigenvalue weighted by atomic mass is 10.5. The fourth-order valence-electron chi connectivity index (χ4n) is 1.52. The number of imide groups is 1. The summed E-state index contributed by atoms with van der Waals surface area (Å²) in [6.45, 7) is 4.93. The van der Waals surface area contributed by atoms with Crippen molar-refractivity contribution in [2.75, 3.05) is 33.4 Å². The van der Waals surface area contributed by atoms with Crippen molar-refractivity contribution in [2.24, 2.45) is 0 Å². The van der Waals surface area contributed by atoms with Gasteiger partial charge < -0.3 is 14.4 Å². The van der Waals surface area contributed by atoms with Gasteiger partial charge in [-0.05, 0) is 13.8 Å². The van der Waals surface area contributed by atoms with Crippen molar-refractivity contribution in [3.05, 3.63) is 0 Å². The minimum absolute atomic E-state index is 0.129. The first-order valence-electron chi connectivity index (χ1n) is 5.38. The highest BCUT2D eigenvalue weighted by Crippen LogP contribution is 2.10. The number of amides is 3. The van der Waals surface area contributed by atoms with Crippen LogP contribution in [0.5, 0.6) is 0 Å². The Bertz CT molecular complexity index is 264. The van der Waals surface area contributed by atoms with Gasteiger partial charge in [0.1, 0.15) is 6.54 Å². The molecule has 3 amide bonds. The minimum Gasteiger partial charge on any atom is -0.351 e. The molecule has 1 heterocycles. The predicted molar refractivity (Wildman–Crippen MR) is 56.8 cm³/mol. The van der Waals surface area contributed by atoms with Gasteiger partial charge in [-0.3, -0.25) is 9.69 Å². The van der Waals surface area contributed by atoms with Crippen LogP contribution in [0.4, 0.5) is 4.79 Å². The molecule has 0 bridgehead atoms. The Balaban J connectivity index is 2.56. The molecule has 92 valence electrons. The third-order valence-electron chi connectivity index (χ3n) is 2.27. The number of rotatable bonds is 6. The van der Waals surface area contributed by atoms with Gasteiger partial charge in [-0.2, -0.15) is 0 Å². The van der Waals surface area contributed by atoms with Gasteiger partial charge in [-0.25, -0.2) is 4.79 Å². The molecule has 1 aliphatic heterocycles. The molecular weight excluding hydrogens is 212 g/mol. The number of hydrogen-bond acceptors (Lipinski definition) is 4. The highest BCUT2D eigenvalue weighted by Gasteiger charge is 2.35. The summed E-state index contributed by atoms with van der Waals surface area (Å²) in [5.74, 6) is -0.211. The molecule has 6 nitrogen and oxygen atoms in total. The van der Waals surface area contributed by atoms with E-state index in [9.17, 15) is 9.59 Å². The fourth-order valence-corrected chi connectivity index (χ4v) is 1.52. The Morgan fingerprint density at radius 3 is 2.19 bits per heavy atom. The monoisotopic (exact) mass is 230 g/mol. The normalized spacial score (nSPS) is 16.8. The standard InChI is InChI=1S/C10H18N2O4/c1-4-15-9(16-5-2)7-12-8(13)6-11(3)10(12)14/h9H,4-7H2,1-3H3. The van der Waals surface area contributed by atoms with Crippen molar-refractivity contribution >= 4 is 11.9 Å². The molecule has 1 rings (SSSR count). The SMILES string of the molecule is CCOC(CN1C(=O)CN(C)C1=O)OCC. The smallest absolute Gasteiger partial charge is 0.327 e. The molecule has 0 radical (unpaired) electrons. The summed E-state index contributed by atoms with van der Waals surface area (Å²) in [7, 11) is 1.59. The van der Waals surface area contributed by atoms with Crippen molar-refractivity contribution in [3.8, 4) is 0 Å². The van der Waals surface area contributed by atoms with Crippen LogP contribution < -0.4 is 0 Å². The first-order chi connectivity index (χ1) is 7.60. The van der Waals surface area contributed by atoms with Crippen LogP contribution in [0.3, 0.4) is 0 Å². The van der Waals surface area contributed by atoms with E-state index in [1.54, 1.807) is 7.05 Å². The van der Waals surface area contributed by atoms with Gasteiger partial charge >= 0.3 is 6.03 Å². The fraction of sp³-hybridized carbons (Fsp3) is 0.800. The zero-order valence-corrected chi connectivity index (χ0v) is 9.93. The number of carbonyl (C=O) groups is 2. The first kappa shape index (κ1) is 12.9. The van der Waals surface area contributed by atoms with E-state index in [-0.39, 0.29) is 25.0 Å². The summed E-state index contributed by atoms with van der Waals surface area (Å²) >= 11 is 0. The molecule has 0 atom stereocenters. The lowest BCUT2D eigenvalue weighted by molar-refractivity contribution is -0.151. The maximum Gasteiger partial charge on any atom is 0.327 e. The van der Waals surface area contributed by atoms with E-state index in [2.05, 4.69) is 0 Å². The van der Waals surface area contributed by atoms with E-state index >= 15 is 0 Å². The summed E-state index contributed by atoms with van der Waals surface area (Å²) in [6, 6.07) is -0.297. The van der Waals surface area contributed by atoms with Crippen molar-refractivity contribution in [2.45, 2.75) is 20.1 Å². The molecule has 0 aromatic carbocycles. The van der Waals surface area contributed by atoms with Gasteiger partial charge in [0.15, 0.2) is 6.29 Å². The average Bonchev–Trinajstić information content (AvgIpc) is 2.46. The molecule has 0 N–H and O–H groups in total. The maximum absolute atomic E-state index is 11.6. The van der Waals surface area contributed by atoms with Crippen LogP contribution >= 0.6 is 0 Å². The molecular formula is C10H18N2O4. The highest BCUT2D eigenvalue weighted by atomic mass is 16.7. The van der Waals surface area contributed by atoms with Crippen molar-refractivity contribution in [3.63, 3.8) is 0 Å². The van der Waals surface area contributed by atoms with Crippen LogP contribution in [-0.2, 0) is 14.3 Å². The molecule has 16 heavy (non-hydrogen) atoms. The Morgan fingerprint density at radius 2 is 1.81 bits per heavy atom. The quantitative estimate of drug-likeness (QED) is 0.486. The molecule has 1 fully saturated rings. The van der Waals surface area contributed by atoms with Gasteiger partial charge in [0.25, 0.3) is 0 Å². The summed E-state index contributed by atoms with van der Waals surface area (Å²) in [6.07, 6.45) is -0.533. The molecule has 0 spiro atoms. The Kier molecular flexibility index (Phi) is 4.70. The first-order valence-corrected chi connectivity index (χ1v) is 5.38. The summed E-state index contributed by atoms with van der Waals surface area (Å²) < 4.78 is 10.6. The van der Waals surface area contributed by atoms with Crippen molar-refractivity contribution in [1.29, 1.82) is 0 Å². The number of hydrogen-bond donors (Lipinski definition) is 0. The van der Waals surface area contributed by atoms with E-state index < -0.39 is 6.29 Å². The zero-order chi connectivity index (χ0) is 12.1. The van der Waals surface area contributed by atoms with Gasteiger partial charge in [-0.1, -0.05) is 0 Å². The van der Waals surface area contributed by atoms with Gasteiger partial charge in [0.2, 0.25) is 5.91 Å². The number of carbonyl (C=O) groups excluding carboxylic acids is 2.